The van der Waals surface area contributed by atoms with Gasteiger partial charge >= 0.3 is 0 Å². The van der Waals surface area contributed by atoms with Gasteiger partial charge < -0.3 is 14.4 Å². The molecule has 250 valence electrons. The van der Waals surface area contributed by atoms with Crippen LogP contribution in [-0.4, -0.2) is 26.5 Å². The molecule has 5 atom stereocenters. The molecule has 1 saturated heterocycles. The van der Waals surface area contributed by atoms with Crippen LogP contribution in [0.25, 0.3) is 27.5 Å². The Bertz CT molecular complexity index is 2380. The number of nitrogens with zero attached hydrogens (tertiary/aromatic N) is 3. The number of allylic oxidation sites excluding steroid dienone is 12. The second-order valence-electron chi connectivity index (χ2n) is 15.3. The van der Waals surface area contributed by atoms with E-state index in [2.05, 4.69) is 160 Å². The van der Waals surface area contributed by atoms with Crippen molar-refractivity contribution >= 4 is 21.8 Å². The largest absolute Gasteiger partial charge is 0.341 e. The summed E-state index contributed by atoms with van der Waals surface area (Å²) in [6.07, 6.45) is 37.4. The molecule has 0 radical (unpaired) electrons. The fourth-order valence-electron chi connectivity index (χ4n) is 10.4. The maximum atomic E-state index is 2.77. The Morgan fingerprint density at radius 3 is 2.47 bits per heavy atom. The van der Waals surface area contributed by atoms with Crippen molar-refractivity contribution in [2.24, 2.45) is 11.8 Å². The van der Waals surface area contributed by atoms with Gasteiger partial charge in [-0.3, -0.25) is 0 Å². The Balaban J connectivity index is 0.989. The van der Waals surface area contributed by atoms with Gasteiger partial charge in [0.2, 0.25) is 0 Å². The van der Waals surface area contributed by atoms with Crippen LogP contribution in [0.1, 0.15) is 56.4 Å². The Morgan fingerprint density at radius 2 is 1.55 bits per heavy atom. The first-order valence-electron chi connectivity index (χ1n) is 19.2. The fourth-order valence-corrected chi connectivity index (χ4v) is 10.4. The van der Waals surface area contributed by atoms with Gasteiger partial charge in [-0.1, -0.05) is 97.1 Å². The summed E-state index contributed by atoms with van der Waals surface area (Å²) in [5.74, 6) is 1.32. The minimum atomic E-state index is 0.298. The van der Waals surface area contributed by atoms with Gasteiger partial charge in [0.1, 0.15) is 0 Å². The van der Waals surface area contributed by atoms with Crippen molar-refractivity contribution in [3.63, 3.8) is 0 Å². The molecule has 0 bridgehead atoms. The van der Waals surface area contributed by atoms with E-state index in [0.29, 0.717) is 29.8 Å². The van der Waals surface area contributed by atoms with Crippen molar-refractivity contribution in [1.82, 2.24) is 14.4 Å². The highest BCUT2D eigenvalue weighted by atomic mass is 15.2. The summed E-state index contributed by atoms with van der Waals surface area (Å²) in [5.41, 5.74) is 14.1. The number of likely N-dealkylation sites (tertiary alicyclic amines) is 1. The molecule has 51 heavy (non-hydrogen) atoms. The van der Waals surface area contributed by atoms with Gasteiger partial charge in [0, 0.05) is 63.0 Å². The lowest BCUT2D eigenvalue weighted by molar-refractivity contribution is 0.277. The maximum absolute atomic E-state index is 2.77. The van der Waals surface area contributed by atoms with Crippen molar-refractivity contribution in [3.8, 4) is 5.69 Å². The van der Waals surface area contributed by atoms with Crippen molar-refractivity contribution < 1.29 is 0 Å². The van der Waals surface area contributed by atoms with Crippen molar-refractivity contribution in [1.29, 1.82) is 0 Å². The molecule has 5 aliphatic carbocycles. The smallest absolute Gasteiger partial charge is 0.0646 e. The first-order valence-corrected chi connectivity index (χ1v) is 19.2. The van der Waals surface area contributed by atoms with Crippen LogP contribution >= 0.6 is 0 Å². The summed E-state index contributed by atoms with van der Waals surface area (Å²) in [4.78, 5) is 5.49. The van der Waals surface area contributed by atoms with E-state index in [1.807, 2.05) is 0 Å². The molecule has 11 rings (SSSR count). The van der Waals surface area contributed by atoms with Gasteiger partial charge in [0.05, 0.1) is 17.1 Å². The lowest BCUT2D eigenvalue weighted by Gasteiger charge is -2.38. The van der Waals surface area contributed by atoms with Crippen LogP contribution in [0.5, 0.6) is 0 Å². The lowest BCUT2D eigenvalue weighted by Crippen LogP contribution is -2.37. The van der Waals surface area contributed by atoms with Crippen LogP contribution in [0.15, 0.2) is 180 Å². The van der Waals surface area contributed by atoms with Gasteiger partial charge in [-0.15, -0.1) is 0 Å². The molecule has 4 unspecified atom stereocenters. The van der Waals surface area contributed by atoms with Gasteiger partial charge in [-0.2, -0.15) is 0 Å². The summed E-state index contributed by atoms with van der Waals surface area (Å²) in [6, 6.07) is 27.7. The van der Waals surface area contributed by atoms with Crippen molar-refractivity contribution in [2.75, 3.05) is 0 Å². The van der Waals surface area contributed by atoms with E-state index in [4.69, 9.17) is 0 Å². The minimum absolute atomic E-state index is 0.298. The van der Waals surface area contributed by atoms with E-state index in [9.17, 15) is 0 Å². The molecule has 3 heteroatoms. The molecule has 7 aliphatic rings. The zero-order chi connectivity index (χ0) is 33.5. The maximum Gasteiger partial charge on any atom is 0.0646 e. The van der Waals surface area contributed by atoms with Crippen LogP contribution in [0.4, 0.5) is 0 Å². The van der Waals surface area contributed by atoms with Crippen molar-refractivity contribution in [3.05, 3.63) is 185 Å². The molecular weight excluding hydrogens is 619 g/mol. The Hall–Kier alpha value is -5.28. The topological polar surface area (TPSA) is 11.4 Å². The van der Waals surface area contributed by atoms with Gasteiger partial charge in [0.25, 0.3) is 0 Å². The predicted molar refractivity (Wildman–Crippen MR) is 210 cm³/mol. The molecule has 4 aromatic rings. The molecular formula is C48H43N3. The molecule has 3 heterocycles. The predicted octanol–water partition coefficient (Wildman–Crippen LogP) is 11.3. The third kappa shape index (κ3) is 4.50. The van der Waals surface area contributed by atoms with E-state index < -0.39 is 0 Å². The number of aromatic nitrogens is 1. The molecule has 3 nitrogen and oxygen atoms in total. The minimum Gasteiger partial charge on any atom is -0.341 e. The monoisotopic (exact) mass is 661 g/mol. The number of rotatable bonds is 4. The van der Waals surface area contributed by atoms with E-state index in [0.717, 1.165) is 38.5 Å². The number of hydrogen-bond acceptors (Lipinski definition) is 2. The quantitative estimate of drug-likeness (QED) is 0.202. The Labute approximate surface area is 300 Å². The van der Waals surface area contributed by atoms with Gasteiger partial charge in [0.15, 0.2) is 0 Å². The van der Waals surface area contributed by atoms with E-state index in [-0.39, 0.29) is 0 Å². The zero-order valence-electron chi connectivity index (χ0n) is 29.0. The number of fused-ring (bicyclic) bond motifs is 8. The van der Waals surface area contributed by atoms with Crippen LogP contribution < -0.4 is 0 Å². The third-order valence-electron chi connectivity index (χ3n) is 12.7. The highest BCUT2D eigenvalue weighted by Gasteiger charge is 2.46. The number of hydrogen-bond donors (Lipinski definition) is 0. The molecule has 0 N–H and O–H groups in total. The van der Waals surface area contributed by atoms with E-state index in [1.165, 1.54) is 62.1 Å². The molecule has 0 saturated carbocycles. The summed E-state index contributed by atoms with van der Waals surface area (Å²) in [5, 5.41) is 2.66. The SMILES string of the molecule is C1=CCCC(N2C3=CCC(c4ccc5c(c4)c4ccccc4n5-c4ccccc4)C=C3[C@H]3C=CC(N4C5=C(C=CCC5)C5CC=CCC54)=CC32)=C1. The second kappa shape index (κ2) is 11.6. The Morgan fingerprint density at radius 1 is 0.686 bits per heavy atom. The second-order valence-corrected chi connectivity index (χ2v) is 15.3. The summed E-state index contributed by atoms with van der Waals surface area (Å²) in [7, 11) is 0. The molecule has 0 spiro atoms. The molecule has 1 fully saturated rings. The van der Waals surface area contributed by atoms with Gasteiger partial charge in [-0.05, 0) is 110 Å². The van der Waals surface area contributed by atoms with Crippen LogP contribution in [0.3, 0.4) is 0 Å². The first-order chi connectivity index (χ1) is 25.3. The number of para-hydroxylation sites is 2. The standard InChI is InChI=1S/C48H43N3/c1-3-13-34(14-4-1)49-45-22-12-9-19-39(45)41-29-32(23-27-46(41)49)33-24-28-47-42(30-33)40-26-25-36(31-48(40)50(47)35-15-5-2-6-16-35)51-43-20-10-7-17-37(43)38-18-8-11-21-44(38)51/h1-5,7-10,12-15,18-19,22-23,25-31,33,37,40,43,48H,6,11,16-17,20-21,24H2/t33?,37?,40-,43?,48?/m1/s1. The van der Waals surface area contributed by atoms with Crippen LogP contribution in [-0.2, 0) is 0 Å². The Kier molecular flexibility index (Phi) is 6.72. The van der Waals surface area contributed by atoms with E-state index >= 15 is 0 Å². The van der Waals surface area contributed by atoms with Crippen molar-refractivity contribution in [2.45, 2.75) is 62.9 Å². The van der Waals surface area contributed by atoms with Crippen LogP contribution in [0, 0.1) is 11.8 Å². The molecule has 3 aromatic carbocycles. The van der Waals surface area contributed by atoms with Crippen LogP contribution in [0.2, 0.25) is 0 Å². The highest BCUT2D eigenvalue weighted by molar-refractivity contribution is 6.09. The summed E-state index contributed by atoms with van der Waals surface area (Å²) in [6.45, 7) is 0. The van der Waals surface area contributed by atoms with Gasteiger partial charge in [-0.25, -0.2) is 0 Å². The van der Waals surface area contributed by atoms with E-state index in [1.54, 1.807) is 11.3 Å². The number of benzene rings is 3. The fraction of sp³-hybridized carbons (Fsp3) is 0.250. The third-order valence-corrected chi connectivity index (χ3v) is 12.7. The molecule has 2 aliphatic heterocycles. The normalized spacial score (nSPS) is 27.6. The average Bonchev–Trinajstić information content (AvgIpc) is 3.83. The zero-order valence-corrected chi connectivity index (χ0v) is 29.0. The lowest BCUT2D eigenvalue weighted by atomic mass is 9.82. The first kappa shape index (κ1) is 29.5. The summed E-state index contributed by atoms with van der Waals surface area (Å²) >= 11 is 0. The molecule has 1 aromatic heterocycles. The highest BCUT2D eigenvalue weighted by Crippen LogP contribution is 2.52. The average molecular weight is 662 g/mol. The summed E-state index contributed by atoms with van der Waals surface area (Å²) < 4.78 is 2.42. The molecule has 0 amide bonds.